The van der Waals surface area contributed by atoms with E-state index >= 15 is 0 Å². The minimum Gasteiger partial charge on any atom is -0.334 e. The van der Waals surface area contributed by atoms with Crippen molar-refractivity contribution in [2.75, 3.05) is 0 Å². The molecule has 0 bridgehead atoms. The molecule has 116 heavy (non-hydrogen) atoms. The van der Waals surface area contributed by atoms with Crippen LogP contribution in [0.25, 0.3) is 206 Å². The Labute approximate surface area is 666 Å². The molecule has 0 aliphatic heterocycles. The zero-order chi connectivity index (χ0) is 76.8. The molecule has 6 heterocycles. The van der Waals surface area contributed by atoms with Crippen molar-refractivity contribution in [3.05, 3.63) is 406 Å². The molecule has 12 heteroatoms. The van der Waals surface area contributed by atoms with Crippen molar-refractivity contribution in [1.29, 1.82) is 0 Å². The first-order chi connectivity index (χ1) is 57.5. The monoisotopic (exact) mass is 1490 g/mol. The van der Waals surface area contributed by atoms with Gasteiger partial charge >= 0.3 is 0 Å². The molecule has 0 fully saturated rings. The van der Waals surface area contributed by atoms with Crippen LogP contribution in [0.5, 0.6) is 0 Å². The minimum absolute atomic E-state index is 0.502. The van der Waals surface area contributed by atoms with E-state index in [1.54, 1.807) is 0 Å². The largest absolute Gasteiger partial charge is 0.334 e. The van der Waals surface area contributed by atoms with E-state index in [2.05, 4.69) is 362 Å². The quantitative estimate of drug-likeness (QED) is 0.117. The first-order valence-corrected chi connectivity index (χ1v) is 38.6. The van der Waals surface area contributed by atoms with Crippen molar-refractivity contribution < 1.29 is 13.6 Å². The number of hydrogen-bond donors (Lipinski definition) is 0. The maximum absolute atomic E-state index is 5.68. The van der Waals surface area contributed by atoms with Crippen LogP contribution >= 0.6 is 0 Å². The van der Waals surface area contributed by atoms with Crippen molar-refractivity contribution in [2.24, 2.45) is 0 Å². The van der Waals surface area contributed by atoms with Gasteiger partial charge in [0.25, 0.3) is 17.7 Å². The van der Waals surface area contributed by atoms with Crippen LogP contribution in [0, 0.1) is 0 Å². The van der Waals surface area contributed by atoms with Crippen LogP contribution in [0.2, 0.25) is 0 Å². The van der Waals surface area contributed by atoms with E-state index in [4.69, 9.17) is 23.5 Å². The summed E-state index contributed by atoms with van der Waals surface area (Å²) in [5, 5.41) is 25.2. The fraction of sp³-hybridized carbons (Fsp3) is 0. The summed E-state index contributed by atoms with van der Waals surface area (Å²) >= 11 is 0. The predicted molar refractivity (Wildman–Crippen MR) is 470 cm³/mol. The second-order valence-electron chi connectivity index (χ2n) is 28.7. The number of benzene rings is 17. The first-order valence-electron chi connectivity index (χ1n) is 38.6. The summed E-state index contributed by atoms with van der Waals surface area (Å²) in [6.07, 6.45) is 0. The molecule has 0 spiro atoms. The van der Waals surface area contributed by atoms with Crippen LogP contribution in [0.4, 0.5) is 0 Å². The Hall–Kier alpha value is -15.9. The fourth-order valence-corrected chi connectivity index (χ4v) is 16.1. The molecule has 546 valence electrons. The van der Waals surface area contributed by atoms with Crippen LogP contribution in [-0.2, 0) is 0 Å². The first kappa shape index (κ1) is 68.1. The van der Waals surface area contributed by atoms with Gasteiger partial charge in [0.15, 0.2) is 0 Å². The van der Waals surface area contributed by atoms with Crippen molar-refractivity contribution in [3.8, 4) is 119 Å². The fourth-order valence-electron chi connectivity index (χ4n) is 16.1. The lowest BCUT2D eigenvalue weighted by atomic mass is 9.97. The lowest BCUT2D eigenvalue weighted by Gasteiger charge is -2.08. The zero-order valence-electron chi connectivity index (χ0n) is 62.4. The zero-order valence-corrected chi connectivity index (χ0v) is 62.4. The number of hydrogen-bond acceptors (Lipinski definition) is 9. The SMILES string of the molecule is c1ccc(-c2ccc(-c3noc(-c4ccc(-n5c6ccccc6c6ccccc65)cc4)n3)cc2)cc1.c1ccc2c(-c3ccc(-c4noc(-c5ccc(-n6c7ccccc7c7ccccc76)cc5)n4)cc3)cccc2c1.c1ccc2cc(-c3ccc(-c4noc(-c5ccc(-n6c7ccccc7c7ccccc76)cc5)n4)cc3)ccc2c1. The van der Waals surface area contributed by atoms with Gasteiger partial charge in [0, 0.05) is 82.8 Å². The van der Waals surface area contributed by atoms with Gasteiger partial charge in [-0.15, -0.1) is 0 Å². The molecule has 0 N–H and O–H groups in total. The van der Waals surface area contributed by atoms with Crippen molar-refractivity contribution in [2.45, 2.75) is 0 Å². The molecule has 0 saturated heterocycles. The van der Waals surface area contributed by atoms with E-state index in [1.165, 1.54) is 104 Å². The maximum atomic E-state index is 5.68. The highest BCUT2D eigenvalue weighted by molar-refractivity contribution is 6.11. The number of nitrogens with zero attached hydrogens (tertiary/aromatic N) is 9. The van der Waals surface area contributed by atoms with Gasteiger partial charge in [-0.05, 0) is 170 Å². The highest BCUT2D eigenvalue weighted by Gasteiger charge is 2.20. The summed E-state index contributed by atoms with van der Waals surface area (Å²) in [5.74, 6) is 3.24. The molecule has 0 unspecified atom stereocenters. The topological polar surface area (TPSA) is 132 Å². The highest BCUT2D eigenvalue weighted by atomic mass is 16.5. The summed E-state index contributed by atoms with van der Waals surface area (Å²) in [5.41, 5.74) is 22.8. The Bertz CT molecular complexity index is 7370. The molecule has 17 aromatic carbocycles. The van der Waals surface area contributed by atoms with Crippen LogP contribution in [0.1, 0.15) is 0 Å². The van der Waals surface area contributed by atoms with E-state index in [9.17, 15) is 0 Å². The molecule has 0 radical (unpaired) electrons. The molecule has 0 aliphatic carbocycles. The van der Waals surface area contributed by atoms with E-state index in [0.29, 0.717) is 35.1 Å². The standard InChI is InChI=1S/2C36H23N3O.C32H21N3O/c1-2-10-29-24(8-1)9-7-13-30(29)25-16-18-26(19-17-25)35-37-36(40-38-35)27-20-22-28(23-21-27)39-33-14-5-3-11-31(33)32-12-4-6-15-34(32)39;1-2-8-28-23-29(18-15-24(28)7-1)25-13-16-26(17-14-25)35-37-36(40-38-35)27-19-21-30(22-20-27)39-33-11-5-3-9-31(33)32-10-4-6-12-34(32)39;1-2-8-22(9-3-1)23-14-16-24(17-15-23)31-33-32(36-34-31)25-18-20-26(21-19-25)35-29-12-6-4-10-27(29)28-11-5-7-13-30(28)35/h2*1-23H;1-21H. The average Bonchev–Trinajstić information content (AvgIpc) is 1.62. The van der Waals surface area contributed by atoms with Crippen LogP contribution in [0.15, 0.2) is 420 Å². The highest BCUT2D eigenvalue weighted by Crippen LogP contribution is 2.39. The van der Waals surface area contributed by atoms with Gasteiger partial charge in [-0.2, -0.15) is 15.0 Å². The summed E-state index contributed by atoms with van der Waals surface area (Å²) in [7, 11) is 0. The van der Waals surface area contributed by atoms with Gasteiger partial charge < -0.3 is 27.3 Å². The third-order valence-corrected chi connectivity index (χ3v) is 21.9. The Morgan fingerprint density at radius 2 is 0.440 bits per heavy atom. The van der Waals surface area contributed by atoms with Gasteiger partial charge in [0.1, 0.15) is 0 Å². The second kappa shape index (κ2) is 29.4. The van der Waals surface area contributed by atoms with Gasteiger partial charge in [-0.1, -0.05) is 307 Å². The van der Waals surface area contributed by atoms with Crippen molar-refractivity contribution >= 4 is 87.0 Å². The van der Waals surface area contributed by atoms with Crippen LogP contribution in [-0.4, -0.2) is 44.1 Å². The minimum atomic E-state index is 0.502. The number of fused-ring (bicyclic) bond motifs is 11. The summed E-state index contributed by atoms with van der Waals surface area (Å²) in [4.78, 5) is 14.1. The third-order valence-electron chi connectivity index (χ3n) is 21.9. The van der Waals surface area contributed by atoms with E-state index in [0.717, 1.165) is 67.1 Å². The Kier molecular flexibility index (Phi) is 17.3. The Balaban J connectivity index is 0.000000109. The van der Waals surface area contributed by atoms with Gasteiger partial charge in [-0.25, -0.2) is 0 Å². The summed E-state index contributed by atoms with van der Waals surface area (Å²) in [6.45, 7) is 0. The molecule has 23 rings (SSSR count). The van der Waals surface area contributed by atoms with E-state index in [1.807, 2.05) is 78.9 Å². The number of aromatic nitrogens is 9. The van der Waals surface area contributed by atoms with Crippen molar-refractivity contribution in [3.63, 3.8) is 0 Å². The molecule has 12 nitrogen and oxygen atoms in total. The molecule has 23 aromatic rings. The predicted octanol–water partition coefficient (Wildman–Crippen LogP) is 26.8. The summed E-state index contributed by atoms with van der Waals surface area (Å²) in [6, 6.07) is 141. The second-order valence-corrected chi connectivity index (χ2v) is 28.7. The number of para-hydroxylation sites is 6. The number of rotatable bonds is 12. The Morgan fingerprint density at radius 1 is 0.172 bits per heavy atom. The van der Waals surface area contributed by atoms with Gasteiger partial charge in [0.2, 0.25) is 17.5 Å². The molecule has 0 amide bonds. The molecule has 0 aliphatic rings. The van der Waals surface area contributed by atoms with E-state index < -0.39 is 0 Å². The maximum Gasteiger partial charge on any atom is 0.258 e. The van der Waals surface area contributed by atoms with Crippen LogP contribution < -0.4 is 0 Å². The van der Waals surface area contributed by atoms with E-state index in [-0.39, 0.29) is 0 Å². The molecular formula is C104H67N9O3. The molecule has 6 aromatic heterocycles. The van der Waals surface area contributed by atoms with Gasteiger partial charge in [-0.3, -0.25) is 0 Å². The normalized spacial score (nSPS) is 11.4. The lowest BCUT2D eigenvalue weighted by Crippen LogP contribution is -1.93. The molecular weight excluding hydrogens is 1420 g/mol. The third kappa shape index (κ3) is 12.7. The Morgan fingerprint density at radius 3 is 0.819 bits per heavy atom. The van der Waals surface area contributed by atoms with Crippen LogP contribution in [0.3, 0.4) is 0 Å². The molecule has 0 saturated carbocycles. The molecule has 0 atom stereocenters. The lowest BCUT2D eigenvalue weighted by molar-refractivity contribution is 0.432. The summed E-state index contributed by atoms with van der Waals surface area (Å²) < 4.78 is 23.9. The average molecular weight is 1490 g/mol. The van der Waals surface area contributed by atoms with Gasteiger partial charge in [0.05, 0.1) is 33.1 Å². The van der Waals surface area contributed by atoms with Crippen molar-refractivity contribution in [1.82, 2.24) is 44.1 Å². The smallest absolute Gasteiger partial charge is 0.258 e.